The molecule has 5 atom stereocenters. The number of benzene rings is 1. The molecule has 9 heteroatoms. The number of anilines is 1. The Labute approximate surface area is 131 Å². The number of hydrogen-bond donors (Lipinski definition) is 4. The minimum absolute atomic E-state index is 0.0144. The molecular formula is C14H18N2O7. The van der Waals surface area contributed by atoms with Gasteiger partial charge in [0, 0.05) is 24.4 Å². The molecule has 1 aromatic carbocycles. The summed E-state index contributed by atoms with van der Waals surface area (Å²) in [6.07, 6.45) is -5.63. The standard InChI is InChI=1S/C14H18N2O7/c17-6-10-11(18)12(19)13(20)14(23-10)15-4-3-7-5-8(16(21)22)1-2-9(7)15/h1-2,5,10-14,17-20H,3-4,6H2/t10-,11-,12+,13-,14-/m1/s1. The molecule has 3 rings (SSSR count). The summed E-state index contributed by atoms with van der Waals surface area (Å²) in [5.74, 6) is 0. The first-order valence-corrected chi connectivity index (χ1v) is 7.28. The van der Waals surface area contributed by atoms with Crippen molar-refractivity contribution in [3.05, 3.63) is 33.9 Å². The molecule has 0 bridgehead atoms. The van der Waals surface area contributed by atoms with Crippen LogP contribution in [-0.4, -0.2) is 69.1 Å². The van der Waals surface area contributed by atoms with Gasteiger partial charge in [-0.3, -0.25) is 10.1 Å². The number of rotatable bonds is 3. The largest absolute Gasteiger partial charge is 0.394 e. The van der Waals surface area contributed by atoms with Crippen molar-refractivity contribution in [1.82, 2.24) is 0 Å². The van der Waals surface area contributed by atoms with Crippen LogP contribution < -0.4 is 4.90 Å². The highest BCUT2D eigenvalue weighted by atomic mass is 16.6. The van der Waals surface area contributed by atoms with E-state index < -0.39 is 42.2 Å². The Morgan fingerprint density at radius 2 is 2.00 bits per heavy atom. The molecule has 0 spiro atoms. The molecule has 2 aliphatic heterocycles. The zero-order valence-electron chi connectivity index (χ0n) is 12.1. The van der Waals surface area contributed by atoms with Gasteiger partial charge >= 0.3 is 0 Å². The number of aliphatic hydroxyl groups is 4. The Kier molecular flexibility index (Phi) is 4.21. The Bertz CT molecular complexity index is 609. The molecule has 9 nitrogen and oxygen atoms in total. The van der Waals surface area contributed by atoms with Gasteiger partial charge in [-0.1, -0.05) is 0 Å². The van der Waals surface area contributed by atoms with Crippen molar-refractivity contribution in [2.24, 2.45) is 0 Å². The number of ether oxygens (including phenoxy) is 1. The van der Waals surface area contributed by atoms with E-state index in [1.54, 1.807) is 11.0 Å². The molecule has 1 fully saturated rings. The zero-order chi connectivity index (χ0) is 16.7. The normalized spacial score (nSPS) is 33.6. The molecule has 0 radical (unpaired) electrons. The molecule has 0 aromatic heterocycles. The van der Waals surface area contributed by atoms with Gasteiger partial charge in [0.2, 0.25) is 0 Å². The Morgan fingerprint density at radius 3 is 2.65 bits per heavy atom. The molecule has 0 amide bonds. The Morgan fingerprint density at radius 1 is 1.26 bits per heavy atom. The number of aliphatic hydroxyl groups excluding tert-OH is 4. The van der Waals surface area contributed by atoms with Gasteiger partial charge in [0.05, 0.1) is 11.5 Å². The fourth-order valence-corrected chi connectivity index (χ4v) is 3.13. The van der Waals surface area contributed by atoms with Crippen molar-refractivity contribution < 1.29 is 30.1 Å². The number of fused-ring (bicyclic) bond motifs is 1. The van der Waals surface area contributed by atoms with Gasteiger partial charge in [0.25, 0.3) is 5.69 Å². The fourth-order valence-electron chi connectivity index (χ4n) is 3.13. The van der Waals surface area contributed by atoms with E-state index in [9.17, 15) is 30.5 Å². The van der Waals surface area contributed by atoms with Crippen molar-refractivity contribution in [1.29, 1.82) is 0 Å². The van der Waals surface area contributed by atoms with Crippen LogP contribution in [-0.2, 0) is 11.2 Å². The van der Waals surface area contributed by atoms with Crippen LogP contribution in [0.15, 0.2) is 18.2 Å². The van der Waals surface area contributed by atoms with Gasteiger partial charge in [-0.15, -0.1) is 0 Å². The first kappa shape index (κ1) is 16.1. The molecule has 126 valence electrons. The van der Waals surface area contributed by atoms with Crippen molar-refractivity contribution in [2.75, 3.05) is 18.1 Å². The second kappa shape index (κ2) is 6.02. The third-order valence-electron chi connectivity index (χ3n) is 4.38. The van der Waals surface area contributed by atoms with Crippen molar-refractivity contribution in [3.63, 3.8) is 0 Å². The lowest BCUT2D eigenvalue weighted by molar-refractivity contribution is -0.384. The minimum atomic E-state index is -1.45. The molecule has 2 aliphatic rings. The lowest BCUT2D eigenvalue weighted by Crippen LogP contribution is -2.63. The summed E-state index contributed by atoms with van der Waals surface area (Å²) in [6, 6.07) is 4.41. The number of non-ortho nitro benzene ring substituents is 1. The minimum Gasteiger partial charge on any atom is -0.394 e. The smallest absolute Gasteiger partial charge is 0.269 e. The van der Waals surface area contributed by atoms with E-state index >= 15 is 0 Å². The number of nitrogens with zero attached hydrogens (tertiary/aromatic N) is 2. The van der Waals surface area contributed by atoms with E-state index in [0.29, 0.717) is 18.7 Å². The molecule has 2 heterocycles. The Balaban J connectivity index is 1.88. The van der Waals surface area contributed by atoms with Gasteiger partial charge in [-0.25, -0.2) is 0 Å². The maximum atomic E-state index is 10.8. The van der Waals surface area contributed by atoms with Crippen LogP contribution in [0.5, 0.6) is 0 Å². The van der Waals surface area contributed by atoms with E-state index in [2.05, 4.69) is 0 Å². The van der Waals surface area contributed by atoms with Crippen LogP contribution in [0.1, 0.15) is 5.56 Å². The third kappa shape index (κ3) is 2.66. The summed E-state index contributed by atoms with van der Waals surface area (Å²) in [4.78, 5) is 12.0. The van der Waals surface area contributed by atoms with Crippen molar-refractivity contribution >= 4 is 11.4 Å². The van der Waals surface area contributed by atoms with Crippen LogP contribution >= 0.6 is 0 Å². The summed E-state index contributed by atoms with van der Waals surface area (Å²) < 4.78 is 5.53. The number of hydrogen-bond acceptors (Lipinski definition) is 8. The van der Waals surface area contributed by atoms with E-state index in [1.807, 2.05) is 0 Å². The topological polar surface area (TPSA) is 137 Å². The lowest BCUT2D eigenvalue weighted by Gasteiger charge is -2.44. The molecule has 0 unspecified atom stereocenters. The predicted octanol–water partition coefficient (Wildman–Crippen LogP) is -1.24. The van der Waals surface area contributed by atoms with E-state index in [-0.39, 0.29) is 5.69 Å². The van der Waals surface area contributed by atoms with Crippen LogP contribution in [0.4, 0.5) is 11.4 Å². The third-order valence-corrected chi connectivity index (χ3v) is 4.38. The van der Waals surface area contributed by atoms with Gasteiger partial charge in [-0.05, 0) is 18.1 Å². The summed E-state index contributed by atoms with van der Waals surface area (Å²) in [5, 5.41) is 50.0. The number of nitro groups is 1. The highest BCUT2D eigenvalue weighted by Crippen LogP contribution is 2.35. The first-order valence-electron chi connectivity index (χ1n) is 7.28. The van der Waals surface area contributed by atoms with Gasteiger partial charge in [0.15, 0.2) is 6.23 Å². The molecule has 1 saturated heterocycles. The molecule has 0 saturated carbocycles. The predicted molar refractivity (Wildman–Crippen MR) is 77.9 cm³/mol. The van der Waals surface area contributed by atoms with Crippen LogP contribution in [0.2, 0.25) is 0 Å². The number of nitro benzene ring substituents is 1. The summed E-state index contributed by atoms with van der Waals surface area (Å²) in [7, 11) is 0. The van der Waals surface area contributed by atoms with E-state index in [0.717, 1.165) is 5.56 Å². The van der Waals surface area contributed by atoms with E-state index in [1.165, 1.54) is 12.1 Å². The summed E-state index contributed by atoms with van der Waals surface area (Å²) >= 11 is 0. The monoisotopic (exact) mass is 326 g/mol. The van der Waals surface area contributed by atoms with Crippen molar-refractivity contribution in [3.8, 4) is 0 Å². The first-order chi connectivity index (χ1) is 10.9. The quantitative estimate of drug-likeness (QED) is 0.400. The maximum Gasteiger partial charge on any atom is 0.269 e. The molecule has 0 aliphatic carbocycles. The summed E-state index contributed by atoms with van der Waals surface area (Å²) in [5.41, 5.74) is 1.40. The maximum absolute atomic E-state index is 10.8. The van der Waals surface area contributed by atoms with Crippen LogP contribution in [0, 0.1) is 10.1 Å². The van der Waals surface area contributed by atoms with Crippen LogP contribution in [0.25, 0.3) is 0 Å². The molecule has 4 N–H and O–H groups in total. The van der Waals surface area contributed by atoms with Gasteiger partial charge < -0.3 is 30.1 Å². The highest BCUT2D eigenvalue weighted by molar-refractivity contribution is 5.62. The molecular weight excluding hydrogens is 308 g/mol. The highest BCUT2D eigenvalue weighted by Gasteiger charge is 2.46. The second-order valence-electron chi connectivity index (χ2n) is 5.73. The van der Waals surface area contributed by atoms with E-state index in [4.69, 9.17) is 4.74 Å². The Hall–Kier alpha value is -1.78. The van der Waals surface area contributed by atoms with Crippen molar-refractivity contribution in [2.45, 2.75) is 37.1 Å². The van der Waals surface area contributed by atoms with Gasteiger partial charge in [-0.2, -0.15) is 0 Å². The molecule has 1 aromatic rings. The summed E-state index contributed by atoms with van der Waals surface area (Å²) in [6.45, 7) is -0.0540. The fraction of sp³-hybridized carbons (Fsp3) is 0.571. The van der Waals surface area contributed by atoms with Gasteiger partial charge in [0.1, 0.15) is 24.4 Å². The average Bonchev–Trinajstić information content (AvgIpc) is 2.96. The lowest BCUT2D eigenvalue weighted by atomic mass is 9.97. The second-order valence-corrected chi connectivity index (χ2v) is 5.73. The SMILES string of the molecule is O=[N+]([O-])c1ccc2c(c1)CCN2[C@@H]1O[C@H](CO)[C@@H](O)[C@H](O)[C@H]1O. The molecule has 23 heavy (non-hydrogen) atoms. The average molecular weight is 326 g/mol. The zero-order valence-corrected chi connectivity index (χ0v) is 12.1. The van der Waals surface area contributed by atoms with Crippen LogP contribution in [0.3, 0.4) is 0 Å².